The van der Waals surface area contributed by atoms with Crippen molar-refractivity contribution in [3.05, 3.63) is 39.8 Å². The SMILES string of the molecule is CCCCCc1nnc(NC(=O)c2sc(-c3ccc(OC)cc3)nc2C)s1. The number of carbonyl (C=O) groups is 1. The van der Waals surface area contributed by atoms with Crippen molar-refractivity contribution in [2.24, 2.45) is 0 Å². The second-order valence-electron chi connectivity index (χ2n) is 6.07. The lowest BCUT2D eigenvalue weighted by molar-refractivity contribution is 0.102. The summed E-state index contributed by atoms with van der Waals surface area (Å²) < 4.78 is 5.18. The predicted molar refractivity (Wildman–Crippen MR) is 110 cm³/mol. The van der Waals surface area contributed by atoms with Crippen LogP contribution in [0.2, 0.25) is 0 Å². The molecule has 0 radical (unpaired) electrons. The van der Waals surface area contributed by atoms with Crippen molar-refractivity contribution in [2.75, 3.05) is 12.4 Å². The number of aryl methyl sites for hydroxylation is 2. The zero-order valence-corrected chi connectivity index (χ0v) is 17.2. The molecule has 0 saturated heterocycles. The van der Waals surface area contributed by atoms with Gasteiger partial charge in [0.15, 0.2) is 0 Å². The van der Waals surface area contributed by atoms with E-state index in [0.29, 0.717) is 15.7 Å². The van der Waals surface area contributed by atoms with Crippen molar-refractivity contribution in [2.45, 2.75) is 39.5 Å². The predicted octanol–water partition coefficient (Wildman–Crippen LogP) is 4.96. The first kappa shape index (κ1) is 19.4. The molecule has 27 heavy (non-hydrogen) atoms. The van der Waals surface area contributed by atoms with Crippen LogP contribution in [0.4, 0.5) is 5.13 Å². The molecule has 0 fully saturated rings. The minimum Gasteiger partial charge on any atom is -0.497 e. The number of unbranched alkanes of at least 4 members (excludes halogenated alkanes) is 2. The minimum atomic E-state index is -0.194. The standard InChI is InChI=1S/C19H22N4O2S2/c1-4-5-6-7-15-22-23-19(26-15)21-17(24)16-12(2)20-18(27-16)13-8-10-14(25-3)11-9-13/h8-11H,4-7H2,1-3H3,(H,21,23,24). The molecule has 2 aromatic heterocycles. The van der Waals surface area contributed by atoms with Crippen LogP contribution in [0.15, 0.2) is 24.3 Å². The van der Waals surface area contributed by atoms with Gasteiger partial charge in [-0.25, -0.2) is 4.98 Å². The number of anilines is 1. The molecule has 0 unspecified atom stereocenters. The molecule has 0 aliphatic heterocycles. The van der Waals surface area contributed by atoms with E-state index >= 15 is 0 Å². The number of amides is 1. The molecular weight excluding hydrogens is 380 g/mol. The lowest BCUT2D eigenvalue weighted by Crippen LogP contribution is -2.11. The maximum atomic E-state index is 12.6. The highest BCUT2D eigenvalue weighted by Crippen LogP contribution is 2.30. The zero-order valence-electron chi connectivity index (χ0n) is 15.6. The summed E-state index contributed by atoms with van der Waals surface area (Å²) in [5.74, 6) is 0.594. The molecule has 2 heterocycles. The van der Waals surface area contributed by atoms with E-state index in [9.17, 15) is 4.79 Å². The Labute approximate surface area is 166 Å². The molecule has 0 aliphatic carbocycles. The summed E-state index contributed by atoms with van der Waals surface area (Å²) in [6, 6.07) is 7.64. The molecule has 0 aliphatic rings. The summed E-state index contributed by atoms with van der Waals surface area (Å²) in [6.07, 6.45) is 4.35. The number of hydrogen-bond donors (Lipinski definition) is 1. The second kappa shape index (κ2) is 9.05. The third-order valence-corrected chi connectivity index (χ3v) is 6.13. The number of benzene rings is 1. The number of carbonyl (C=O) groups excluding carboxylic acids is 1. The summed E-state index contributed by atoms with van der Waals surface area (Å²) in [5.41, 5.74) is 1.66. The van der Waals surface area contributed by atoms with Gasteiger partial charge in [-0.1, -0.05) is 31.1 Å². The van der Waals surface area contributed by atoms with Gasteiger partial charge in [-0.2, -0.15) is 0 Å². The first-order chi connectivity index (χ1) is 13.1. The van der Waals surface area contributed by atoms with Crippen molar-refractivity contribution in [3.63, 3.8) is 0 Å². The quantitative estimate of drug-likeness (QED) is 0.539. The number of methoxy groups -OCH3 is 1. The molecule has 142 valence electrons. The Hall–Kier alpha value is -2.32. The van der Waals surface area contributed by atoms with Crippen molar-refractivity contribution in [1.29, 1.82) is 0 Å². The van der Waals surface area contributed by atoms with Crippen LogP contribution in [-0.2, 0) is 6.42 Å². The fourth-order valence-corrected chi connectivity index (χ4v) is 4.29. The van der Waals surface area contributed by atoms with Crippen molar-refractivity contribution in [3.8, 4) is 16.3 Å². The number of aromatic nitrogens is 3. The van der Waals surface area contributed by atoms with Gasteiger partial charge in [0.1, 0.15) is 20.6 Å². The highest BCUT2D eigenvalue weighted by atomic mass is 32.1. The molecule has 8 heteroatoms. The molecule has 0 atom stereocenters. The van der Waals surface area contributed by atoms with Crippen LogP contribution in [0.5, 0.6) is 5.75 Å². The molecule has 1 aromatic carbocycles. The fraction of sp³-hybridized carbons (Fsp3) is 0.368. The number of nitrogens with zero attached hydrogens (tertiary/aromatic N) is 3. The Kier molecular flexibility index (Phi) is 6.52. The Balaban J connectivity index is 1.69. The maximum Gasteiger partial charge on any atom is 0.269 e. The summed E-state index contributed by atoms with van der Waals surface area (Å²) in [6.45, 7) is 4.01. The molecular formula is C19H22N4O2S2. The zero-order chi connectivity index (χ0) is 19.2. The van der Waals surface area contributed by atoms with E-state index in [2.05, 4.69) is 27.4 Å². The summed E-state index contributed by atoms with van der Waals surface area (Å²) >= 11 is 2.81. The third-order valence-electron chi connectivity index (χ3n) is 4.02. The molecule has 6 nitrogen and oxygen atoms in total. The molecule has 0 spiro atoms. The van der Waals surface area contributed by atoms with E-state index in [4.69, 9.17) is 4.74 Å². The van der Waals surface area contributed by atoms with Gasteiger partial charge in [-0.3, -0.25) is 10.1 Å². The average molecular weight is 403 g/mol. The Morgan fingerprint density at radius 3 is 2.63 bits per heavy atom. The molecule has 1 N–H and O–H groups in total. The molecule has 3 aromatic rings. The fourth-order valence-electron chi connectivity index (χ4n) is 2.55. The Morgan fingerprint density at radius 1 is 1.15 bits per heavy atom. The lowest BCUT2D eigenvalue weighted by atomic mass is 10.2. The topological polar surface area (TPSA) is 77.0 Å². The summed E-state index contributed by atoms with van der Waals surface area (Å²) in [4.78, 5) is 17.8. The van der Waals surface area contributed by atoms with Gasteiger partial charge in [0.05, 0.1) is 12.8 Å². The number of thiazole rings is 1. The smallest absolute Gasteiger partial charge is 0.269 e. The molecule has 0 bridgehead atoms. The normalized spacial score (nSPS) is 10.8. The van der Waals surface area contributed by atoms with Gasteiger partial charge >= 0.3 is 0 Å². The van der Waals surface area contributed by atoms with Crippen LogP contribution in [0, 0.1) is 6.92 Å². The summed E-state index contributed by atoms with van der Waals surface area (Å²) in [7, 11) is 1.63. The molecule has 3 rings (SSSR count). The molecule has 0 saturated carbocycles. The number of nitrogens with one attached hydrogen (secondary N) is 1. The first-order valence-corrected chi connectivity index (χ1v) is 10.5. The van der Waals surface area contributed by atoms with Crippen LogP contribution in [0.25, 0.3) is 10.6 Å². The van der Waals surface area contributed by atoms with Gasteiger partial charge in [0.2, 0.25) is 5.13 Å². The number of rotatable bonds is 8. The van der Waals surface area contributed by atoms with Crippen LogP contribution < -0.4 is 10.1 Å². The highest BCUT2D eigenvalue weighted by Gasteiger charge is 2.18. The van der Waals surface area contributed by atoms with E-state index in [1.54, 1.807) is 7.11 Å². The minimum absolute atomic E-state index is 0.194. The van der Waals surface area contributed by atoms with Crippen molar-refractivity contribution >= 4 is 33.7 Å². The van der Waals surface area contributed by atoms with Gasteiger partial charge in [0, 0.05) is 12.0 Å². The maximum absolute atomic E-state index is 12.6. The van der Waals surface area contributed by atoms with E-state index in [0.717, 1.165) is 34.2 Å². The van der Waals surface area contributed by atoms with Crippen LogP contribution in [0.3, 0.4) is 0 Å². The second-order valence-corrected chi connectivity index (χ2v) is 8.14. The van der Waals surface area contributed by atoms with E-state index in [1.165, 1.54) is 35.5 Å². The van der Waals surface area contributed by atoms with E-state index < -0.39 is 0 Å². The molecule has 1 amide bonds. The first-order valence-electron chi connectivity index (χ1n) is 8.86. The highest BCUT2D eigenvalue weighted by molar-refractivity contribution is 7.17. The monoisotopic (exact) mass is 402 g/mol. The largest absolute Gasteiger partial charge is 0.497 e. The van der Waals surface area contributed by atoms with Gasteiger partial charge in [0.25, 0.3) is 5.91 Å². The number of ether oxygens (including phenoxy) is 1. The van der Waals surface area contributed by atoms with Gasteiger partial charge in [-0.05, 0) is 37.6 Å². The van der Waals surface area contributed by atoms with Crippen LogP contribution in [0.1, 0.15) is 46.6 Å². The average Bonchev–Trinajstić information content (AvgIpc) is 3.28. The van der Waals surface area contributed by atoms with Crippen molar-refractivity contribution < 1.29 is 9.53 Å². The Bertz CT molecular complexity index is 903. The van der Waals surface area contributed by atoms with Crippen LogP contribution in [-0.4, -0.2) is 28.2 Å². The van der Waals surface area contributed by atoms with E-state index in [1.807, 2.05) is 31.2 Å². The van der Waals surface area contributed by atoms with Crippen molar-refractivity contribution in [1.82, 2.24) is 15.2 Å². The number of hydrogen-bond acceptors (Lipinski definition) is 7. The lowest BCUT2D eigenvalue weighted by Gasteiger charge is -2.00. The van der Waals surface area contributed by atoms with E-state index in [-0.39, 0.29) is 5.91 Å². The van der Waals surface area contributed by atoms with Crippen LogP contribution >= 0.6 is 22.7 Å². The summed E-state index contributed by atoms with van der Waals surface area (Å²) in [5, 5.41) is 13.4. The van der Waals surface area contributed by atoms with Gasteiger partial charge in [-0.15, -0.1) is 21.5 Å². The third kappa shape index (κ3) is 4.90. The Morgan fingerprint density at radius 2 is 1.93 bits per heavy atom. The van der Waals surface area contributed by atoms with Gasteiger partial charge < -0.3 is 4.74 Å².